The van der Waals surface area contributed by atoms with E-state index in [1.807, 2.05) is 18.2 Å². The van der Waals surface area contributed by atoms with Crippen LogP contribution in [-0.2, 0) is 0 Å². The molecule has 0 saturated heterocycles. The lowest BCUT2D eigenvalue weighted by Crippen LogP contribution is -1.93. The quantitative estimate of drug-likeness (QED) is 0.327. The predicted molar refractivity (Wildman–Crippen MR) is 103 cm³/mol. The molecule has 2 heteroatoms. The standard InChI is InChI=1S/C22H14ClN/c23-19-12-6-11-18-21-17-10-5-4-7-15(17)13-14-20(21)24(22(18)19)16-8-2-1-3-9-16/h1-14H. The van der Waals surface area contributed by atoms with Crippen molar-refractivity contribution in [2.45, 2.75) is 0 Å². The summed E-state index contributed by atoms with van der Waals surface area (Å²) < 4.78 is 2.26. The van der Waals surface area contributed by atoms with E-state index >= 15 is 0 Å². The average molecular weight is 328 g/mol. The fourth-order valence-corrected chi connectivity index (χ4v) is 3.90. The molecule has 0 bridgehead atoms. The summed E-state index contributed by atoms with van der Waals surface area (Å²) in [4.78, 5) is 0. The van der Waals surface area contributed by atoms with Gasteiger partial charge in [0, 0.05) is 16.5 Å². The molecule has 0 unspecified atom stereocenters. The predicted octanol–water partition coefficient (Wildman–Crippen LogP) is 6.59. The van der Waals surface area contributed by atoms with Crippen molar-refractivity contribution in [1.29, 1.82) is 0 Å². The van der Waals surface area contributed by atoms with Gasteiger partial charge in [0.2, 0.25) is 0 Å². The molecule has 5 aromatic rings. The van der Waals surface area contributed by atoms with Crippen LogP contribution in [-0.4, -0.2) is 4.57 Å². The highest BCUT2D eigenvalue weighted by Crippen LogP contribution is 2.39. The van der Waals surface area contributed by atoms with Gasteiger partial charge in [0.25, 0.3) is 0 Å². The smallest absolute Gasteiger partial charge is 0.0727 e. The van der Waals surface area contributed by atoms with Crippen LogP contribution in [0.4, 0.5) is 0 Å². The van der Waals surface area contributed by atoms with Crippen molar-refractivity contribution in [2.75, 3.05) is 0 Å². The Bertz CT molecular complexity index is 1200. The molecule has 1 heterocycles. The Labute approximate surface area is 144 Å². The molecule has 0 fully saturated rings. The largest absolute Gasteiger partial charge is 0.308 e. The second-order valence-corrected chi connectivity index (χ2v) is 6.39. The maximum absolute atomic E-state index is 6.61. The second kappa shape index (κ2) is 5.12. The van der Waals surface area contributed by atoms with Gasteiger partial charge < -0.3 is 4.57 Å². The van der Waals surface area contributed by atoms with Crippen molar-refractivity contribution >= 4 is 44.2 Å². The maximum atomic E-state index is 6.61. The molecular formula is C22H14ClN. The van der Waals surface area contributed by atoms with Gasteiger partial charge in [-0.2, -0.15) is 0 Å². The first-order chi connectivity index (χ1) is 11.8. The summed E-state index contributed by atoms with van der Waals surface area (Å²) in [5.41, 5.74) is 3.38. The Balaban J connectivity index is 2.10. The highest BCUT2D eigenvalue weighted by atomic mass is 35.5. The van der Waals surface area contributed by atoms with Crippen LogP contribution in [0.2, 0.25) is 5.02 Å². The minimum Gasteiger partial charge on any atom is -0.308 e. The summed E-state index contributed by atoms with van der Waals surface area (Å²) >= 11 is 6.61. The molecule has 0 spiro atoms. The zero-order chi connectivity index (χ0) is 16.1. The third-order valence-corrected chi connectivity index (χ3v) is 4.95. The molecule has 0 atom stereocenters. The van der Waals surface area contributed by atoms with Gasteiger partial charge in [-0.15, -0.1) is 0 Å². The summed E-state index contributed by atoms with van der Waals surface area (Å²) in [5, 5.41) is 5.73. The molecule has 24 heavy (non-hydrogen) atoms. The summed E-state index contributed by atoms with van der Waals surface area (Å²) in [6.45, 7) is 0. The zero-order valence-electron chi connectivity index (χ0n) is 12.9. The number of benzene rings is 4. The molecule has 0 saturated carbocycles. The number of halogens is 1. The van der Waals surface area contributed by atoms with Gasteiger partial charge in [-0.25, -0.2) is 0 Å². The van der Waals surface area contributed by atoms with Gasteiger partial charge >= 0.3 is 0 Å². The number of para-hydroxylation sites is 2. The summed E-state index contributed by atoms with van der Waals surface area (Å²) in [5.74, 6) is 0. The Morgan fingerprint density at radius 3 is 2.25 bits per heavy atom. The van der Waals surface area contributed by atoms with Crippen LogP contribution in [0.25, 0.3) is 38.3 Å². The molecule has 0 aliphatic carbocycles. The first kappa shape index (κ1) is 13.6. The molecule has 0 radical (unpaired) electrons. The van der Waals surface area contributed by atoms with E-state index in [0.717, 1.165) is 16.2 Å². The van der Waals surface area contributed by atoms with E-state index in [-0.39, 0.29) is 0 Å². The van der Waals surface area contributed by atoms with E-state index in [1.54, 1.807) is 0 Å². The molecule has 5 rings (SSSR count). The number of hydrogen-bond acceptors (Lipinski definition) is 0. The lowest BCUT2D eigenvalue weighted by molar-refractivity contribution is 1.18. The van der Waals surface area contributed by atoms with E-state index < -0.39 is 0 Å². The maximum Gasteiger partial charge on any atom is 0.0727 e. The summed E-state index contributed by atoms with van der Waals surface area (Å²) in [7, 11) is 0. The Hall–Kier alpha value is -2.77. The van der Waals surface area contributed by atoms with Crippen LogP contribution < -0.4 is 0 Å². The van der Waals surface area contributed by atoms with Crippen molar-refractivity contribution in [3.63, 3.8) is 0 Å². The first-order valence-corrected chi connectivity index (χ1v) is 8.38. The summed E-state index contributed by atoms with van der Waals surface area (Å²) in [6.07, 6.45) is 0. The van der Waals surface area contributed by atoms with E-state index in [4.69, 9.17) is 11.6 Å². The van der Waals surface area contributed by atoms with Crippen LogP contribution in [0.3, 0.4) is 0 Å². The molecule has 0 aliphatic heterocycles. The number of hydrogen-bond donors (Lipinski definition) is 0. The normalized spacial score (nSPS) is 11.5. The van der Waals surface area contributed by atoms with E-state index in [1.165, 1.54) is 27.1 Å². The number of nitrogens with zero attached hydrogens (tertiary/aromatic N) is 1. The highest BCUT2D eigenvalue weighted by Gasteiger charge is 2.16. The first-order valence-electron chi connectivity index (χ1n) is 8.00. The fourth-order valence-electron chi connectivity index (χ4n) is 3.64. The molecule has 4 aromatic carbocycles. The molecule has 1 aromatic heterocycles. The molecule has 0 amide bonds. The Morgan fingerprint density at radius 2 is 1.38 bits per heavy atom. The van der Waals surface area contributed by atoms with E-state index in [9.17, 15) is 0 Å². The number of rotatable bonds is 1. The number of aromatic nitrogens is 1. The van der Waals surface area contributed by atoms with Crippen LogP contribution in [0.1, 0.15) is 0 Å². The topological polar surface area (TPSA) is 4.93 Å². The molecular weight excluding hydrogens is 314 g/mol. The summed E-state index contributed by atoms with van der Waals surface area (Å²) in [6, 6.07) is 29.5. The number of fused-ring (bicyclic) bond motifs is 5. The van der Waals surface area contributed by atoms with E-state index in [0.29, 0.717) is 0 Å². The monoisotopic (exact) mass is 327 g/mol. The Morgan fingerprint density at radius 1 is 0.625 bits per heavy atom. The van der Waals surface area contributed by atoms with Crippen molar-refractivity contribution in [3.8, 4) is 5.69 Å². The van der Waals surface area contributed by atoms with Crippen LogP contribution in [0.15, 0.2) is 84.9 Å². The van der Waals surface area contributed by atoms with Gasteiger partial charge in [-0.3, -0.25) is 0 Å². The Kier molecular flexibility index (Phi) is 2.91. The third-order valence-electron chi connectivity index (χ3n) is 4.64. The van der Waals surface area contributed by atoms with Crippen molar-refractivity contribution < 1.29 is 0 Å². The lowest BCUT2D eigenvalue weighted by Gasteiger charge is -2.08. The minimum absolute atomic E-state index is 0.775. The molecule has 0 aliphatic rings. The van der Waals surface area contributed by atoms with Gasteiger partial charge in [0.15, 0.2) is 0 Å². The van der Waals surface area contributed by atoms with Gasteiger partial charge in [-0.05, 0) is 35.0 Å². The minimum atomic E-state index is 0.775. The molecule has 0 N–H and O–H groups in total. The molecule has 114 valence electrons. The van der Waals surface area contributed by atoms with Gasteiger partial charge in [0.05, 0.1) is 16.1 Å². The average Bonchev–Trinajstić information content (AvgIpc) is 2.99. The SMILES string of the molecule is Clc1cccc2c3c4ccccc4ccc3n(-c3ccccc3)c12. The third kappa shape index (κ3) is 1.82. The van der Waals surface area contributed by atoms with Gasteiger partial charge in [0.1, 0.15) is 0 Å². The second-order valence-electron chi connectivity index (χ2n) is 5.99. The van der Waals surface area contributed by atoms with Crippen LogP contribution >= 0.6 is 11.6 Å². The van der Waals surface area contributed by atoms with Crippen molar-refractivity contribution in [1.82, 2.24) is 4.57 Å². The van der Waals surface area contributed by atoms with Crippen molar-refractivity contribution in [2.24, 2.45) is 0 Å². The fraction of sp³-hybridized carbons (Fsp3) is 0. The van der Waals surface area contributed by atoms with E-state index in [2.05, 4.69) is 71.3 Å². The lowest BCUT2D eigenvalue weighted by atomic mass is 10.0. The highest BCUT2D eigenvalue weighted by molar-refractivity contribution is 6.37. The van der Waals surface area contributed by atoms with Crippen LogP contribution in [0, 0.1) is 0 Å². The van der Waals surface area contributed by atoms with Crippen molar-refractivity contribution in [3.05, 3.63) is 90.0 Å². The van der Waals surface area contributed by atoms with Gasteiger partial charge in [-0.1, -0.05) is 72.3 Å². The van der Waals surface area contributed by atoms with Crippen LogP contribution in [0.5, 0.6) is 0 Å². The zero-order valence-corrected chi connectivity index (χ0v) is 13.7. The molecule has 1 nitrogen and oxygen atoms in total.